The zero-order valence-electron chi connectivity index (χ0n) is 8.59. The minimum Gasteiger partial charge on any atom is -0.0913 e. The molecular formula is C13H18. The van der Waals surface area contributed by atoms with Crippen molar-refractivity contribution in [2.75, 3.05) is 0 Å². The highest BCUT2D eigenvalue weighted by atomic mass is 14.0. The largest absolute Gasteiger partial charge is 0.0913 e. The van der Waals surface area contributed by atoms with Gasteiger partial charge in [0, 0.05) is 0 Å². The second-order valence-electron chi connectivity index (χ2n) is 3.34. The van der Waals surface area contributed by atoms with Crippen LogP contribution in [-0.2, 0) is 12.8 Å². The van der Waals surface area contributed by atoms with Crippen LogP contribution in [-0.4, -0.2) is 0 Å². The van der Waals surface area contributed by atoms with Crippen LogP contribution >= 0.6 is 0 Å². The highest BCUT2D eigenvalue weighted by Gasteiger charge is 1.92. The molecule has 1 aromatic rings. The molecular weight excluding hydrogens is 156 g/mol. The molecule has 0 bridgehead atoms. The van der Waals surface area contributed by atoms with Crippen LogP contribution in [0.1, 0.15) is 31.4 Å². The molecule has 0 aliphatic heterocycles. The van der Waals surface area contributed by atoms with Gasteiger partial charge in [0.05, 0.1) is 0 Å². The van der Waals surface area contributed by atoms with Crippen molar-refractivity contribution in [3.05, 3.63) is 47.5 Å². The second kappa shape index (κ2) is 5.58. The van der Waals surface area contributed by atoms with Crippen LogP contribution in [0.2, 0.25) is 0 Å². The third-order valence-electron chi connectivity index (χ3n) is 2.12. The Morgan fingerprint density at radius 1 is 1.23 bits per heavy atom. The lowest BCUT2D eigenvalue weighted by molar-refractivity contribution is 0.919. The van der Waals surface area contributed by atoms with Gasteiger partial charge in [-0.1, -0.05) is 49.8 Å². The molecule has 0 radical (unpaired) electrons. The van der Waals surface area contributed by atoms with Crippen molar-refractivity contribution >= 4 is 0 Å². The molecule has 0 unspecified atom stereocenters. The summed E-state index contributed by atoms with van der Waals surface area (Å²) in [5.41, 5.74) is 2.88. The van der Waals surface area contributed by atoms with E-state index in [0.717, 1.165) is 6.42 Å². The molecule has 0 N–H and O–H groups in total. The number of allylic oxidation sites excluding steroid dienone is 2. The third-order valence-corrected chi connectivity index (χ3v) is 2.12. The van der Waals surface area contributed by atoms with Gasteiger partial charge in [-0.25, -0.2) is 0 Å². The minimum atomic E-state index is 1.06. The summed E-state index contributed by atoms with van der Waals surface area (Å²) in [7, 11) is 0. The fraction of sp³-hybridized carbons (Fsp3) is 0.385. The Hall–Kier alpha value is -1.04. The molecule has 70 valence electrons. The van der Waals surface area contributed by atoms with Gasteiger partial charge in [-0.15, -0.1) is 0 Å². The predicted octanol–water partition coefficient (Wildman–Crippen LogP) is 3.76. The van der Waals surface area contributed by atoms with Gasteiger partial charge in [-0.05, 0) is 30.9 Å². The van der Waals surface area contributed by atoms with Crippen LogP contribution in [0.4, 0.5) is 0 Å². The van der Waals surface area contributed by atoms with Gasteiger partial charge in [0.1, 0.15) is 0 Å². The first-order chi connectivity index (χ1) is 6.36. The van der Waals surface area contributed by atoms with E-state index < -0.39 is 0 Å². The van der Waals surface area contributed by atoms with Gasteiger partial charge < -0.3 is 0 Å². The first-order valence-electron chi connectivity index (χ1n) is 5.05. The molecule has 0 aliphatic rings. The van der Waals surface area contributed by atoms with Crippen LogP contribution in [0.5, 0.6) is 0 Å². The average Bonchev–Trinajstić information content (AvgIpc) is 2.16. The minimum absolute atomic E-state index is 1.06. The van der Waals surface area contributed by atoms with E-state index in [2.05, 4.69) is 50.3 Å². The maximum absolute atomic E-state index is 2.31. The van der Waals surface area contributed by atoms with E-state index in [9.17, 15) is 0 Å². The maximum atomic E-state index is 2.31. The van der Waals surface area contributed by atoms with Crippen molar-refractivity contribution in [1.82, 2.24) is 0 Å². The summed E-state index contributed by atoms with van der Waals surface area (Å²) in [6.45, 7) is 4.29. The summed E-state index contributed by atoms with van der Waals surface area (Å²) >= 11 is 0. The first-order valence-corrected chi connectivity index (χ1v) is 5.05. The molecule has 1 aromatic carbocycles. The number of hydrogen-bond donors (Lipinski definition) is 0. The summed E-state index contributed by atoms with van der Waals surface area (Å²) in [6, 6.07) is 8.87. The van der Waals surface area contributed by atoms with Crippen LogP contribution in [0, 0.1) is 0 Å². The predicted molar refractivity (Wildman–Crippen MR) is 59.0 cm³/mol. The van der Waals surface area contributed by atoms with E-state index in [-0.39, 0.29) is 0 Å². The van der Waals surface area contributed by atoms with Crippen molar-refractivity contribution in [2.24, 2.45) is 0 Å². The SMILES string of the molecule is CC=CCc1cccc(CCC)c1. The summed E-state index contributed by atoms with van der Waals surface area (Å²) < 4.78 is 0. The Morgan fingerprint density at radius 2 is 2.00 bits per heavy atom. The summed E-state index contributed by atoms with van der Waals surface area (Å²) in [4.78, 5) is 0. The molecule has 0 heterocycles. The molecule has 0 aliphatic carbocycles. The molecule has 0 amide bonds. The Labute approximate surface area is 81.3 Å². The zero-order chi connectivity index (χ0) is 9.52. The highest BCUT2D eigenvalue weighted by Crippen LogP contribution is 2.08. The van der Waals surface area contributed by atoms with Gasteiger partial charge in [-0.3, -0.25) is 0 Å². The Bertz CT molecular complexity index is 271. The van der Waals surface area contributed by atoms with Gasteiger partial charge >= 0.3 is 0 Å². The topological polar surface area (TPSA) is 0 Å². The zero-order valence-corrected chi connectivity index (χ0v) is 8.59. The number of benzene rings is 1. The van der Waals surface area contributed by atoms with Crippen LogP contribution in [0.3, 0.4) is 0 Å². The standard InChI is InChI=1S/C13H18/c1-3-5-8-13-10-6-9-12(11-13)7-4-2/h3,5-6,9-11H,4,7-8H2,1-2H3. The molecule has 0 spiro atoms. The lowest BCUT2D eigenvalue weighted by Crippen LogP contribution is -1.86. The van der Waals surface area contributed by atoms with E-state index >= 15 is 0 Å². The van der Waals surface area contributed by atoms with Crippen LogP contribution in [0.25, 0.3) is 0 Å². The van der Waals surface area contributed by atoms with Gasteiger partial charge in [0.15, 0.2) is 0 Å². The molecule has 0 fully saturated rings. The van der Waals surface area contributed by atoms with Crippen molar-refractivity contribution in [2.45, 2.75) is 33.1 Å². The third kappa shape index (κ3) is 3.45. The van der Waals surface area contributed by atoms with E-state index in [1.54, 1.807) is 0 Å². The Balaban J connectivity index is 2.67. The second-order valence-corrected chi connectivity index (χ2v) is 3.34. The number of rotatable bonds is 4. The van der Waals surface area contributed by atoms with Crippen molar-refractivity contribution in [3.8, 4) is 0 Å². The smallest absolute Gasteiger partial charge is 0.00975 e. The quantitative estimate of drug-likeness (QED) is 0.610. The molecule has 1 rings (SSSR count). The molecule has 0 atom stereocenters. The van der Waals surface area contributed by atoms with Crippen molar-refractivity contribution < 1.29 is 0 Å². The molecule has 0 saturated carbocycles. The first kappa shape index (κ1) is 10.0. The van der Waals surface area contributed by atoms with E-state index in [4.69, 9.17) is 0 Å². The molecule has 13 heavy (non-hydrogen) atoms. The molecule has 0 saturated heterocycles. The fourth-order valence-electron chi connectivity index (χ4n) is 1.45. The van der Waals surface area contributed by atoms with Gasteiger partial charge in [0.25, 0.3) is 0 Å². The van der Waals surface area contributed by atoms with Gasteiger partial charge in [-0.2, -0.15) is 0 Å². The van der Waals surface area contributed by atoms with Crippen LogP contribution < -0.4 is 0 Å². The highest BCUT2D eigenvalue weighted by molar-refractivity contribution is 5.25. The molecule has 0 nitrogen and oxygen atoms in total. The lowest BCUT2D eigenvalue weighted by Gasteiger charge is -2.01. The lowest BCUT2D eigenvalue weighted by atomic mass is 10.0. The van der Waals surface area contributed by atoms with Crippen molar-refractivity contribution in [3.63, 3.8) is 0 Å². The average molecular weight is 174 g/mol. The Morgan fingerprint density at radius 3 is 2.69 bits per heavy atom. The summed E-state index contributed by atoms with van der Waals surface area (Å²) in [6.07, 6.45) is 7.79. The van der Waals surface area contributed by atoms with E-state index in [0.29, 0.717) is 0 Å². The Kier molecular flexibility index (Phi) is 4.31. The van der Waals surface area contributed by atoms with Crippen LogP contribution in [0.15, 0.2) is 36.4 Å². The normalized spacial score (nSPS) is 10.9. The summed E-state index contributed by atoms with van der Waals surface area (Å²) in [5.74, 6) is 0. The molecule has 0 aromatic heterocycles. The maximum Gasteiger partial charge on any atom is -0.00975 e. The molecule has 0 heteroatoms. The van der Waals surface area contributed by atoms with Crippen molar-refractivity contribution in [1.29, 1.82) is 0 Å². The van der Waals surface area contributed by atoms with E-state index in [1.807, 2.05) is 0 Å². The number of hydrogen-bond acceptors (Lipinski definition) is 0. The van der Waals surface area contributed by atoms with Gasteiger partial charge in [0.2, 0.25) is 0 Å². The number of aryl methyl sites for hydroxylation is 1. The van der Waals surface area contributed by atoms with E-state index in [1.165, 1.54) is 24.0 Å². The monoisotopic (exact) mass is 174 g/mol. The fourth-order valence-corrected chi connectivity index (χ4v) is 1.45. The summed E-state index contributed by atoms with van der Waals surface area (Å²) in [5, 5.41) is 0.